The van der Waals surface area contributed by atoms with E-state index in [0.29, 0.717) is 48.9 Å². The largest absolute Gasteiger partial charge is 0.507 e. The lowest BCUT2D eigenvalue weighted by Crippen LogP contribution is -2.52. The fourth-order valence-electron chi connectivity index (χ4n) is 5.13. The van der Waals surface area contributed by atoms with E-state index in [2.05, 4.69) is 0 Å². The maximum Gasteiger partial charge on any atom is 0.296 e. The highest BCUT2D eigenvalue weighted by molar-refractivity contribution is 6.50. The van der Waals surface area contributed by atoms with E-state index in [-0.39, 0.29) is 24.3 Å². The number of hydrogen-bond donors (Lipinski definition) is 1. The zero-order valence-corrected chi connectivity index (χ0v) is 19.6. The molecule has 1 spiro atoms. The number of anilines is 1. The van der Waals surface area contributed by atoms with Gasteiger partial charge >= 0.3 is 0 Å². The highest BCUT2D eigenvalue weighted by Crippen LogP contribution is 2.53. The molecule has 1 atom stereocenters. The van der Waals surface area contributed by atoms with E-state index in [1.807, 2.05) is 6.92 Å². The number of Topliss-reactive ketones (excluding diaryl/α,β-unsaturated/α-hetero) is 1. The Balaban J connectivity index is 1.78. The number of aliphatic hydroxyl groups is 1. The summed E-state index contributed by atoms with van der Waals surface area (Å²) in [7, 11) is 1.48. The summed E-state index contributed by atoms with van der Waals surface area (Å²) < 4.78 is 16.4. The summed E-state index contributed by atoms with van der Waals surface area (Å²) in [4.78, 5) is 43.8. The number of aliphatic hydroxyl groups excluding tert-OH is 1. The number of hydrogen-bond acceptors (Lipinski definition) is 7. The molecule has 9 heteroatoms. The number of carbonyl (C=O) groups is 3. The molecule has 0 saturated carbocycles. The molecule has 3 heterocycles. The number of amides is 2. The van der Waals surface area contributed by atoms with E-state index >= 15 is 0 Å². The fraction of sp³-hybridized carbons (Fsp3) is 0.346. The van der Waals surface area contributed by atoms with Gasteiger partial charge in [0.05, 0.1) is 17.9 Å². The van der Waals surface area contributed by atoms with Crippen molar-refractivity contribution in [3.05, 3.63) is 59.2 Å². The summed E-state index contributed by atoms with van der Waals surface area (Å²) in [6.45, 7) is 3.20. The van der Waals surface area contributed by atoms with Gasteiger partial charge in [-0.2, -0.15) is 0 Å². The van der Waals surface area contributed by atoms with Gasteiger partial charge in [-0.1, -0.05) is 25.1 Å². The van der Waals surface area contributed by atoms with Crippen molar-refractivity contribution in [2.45, 2.75) is 18.9 Å². The summed E-state index contributed by atoms with van der Waals surface area (Å²) >= 11 is 0. The predicted molar refractivity (Wildman–Crippen MR) is 126 cm³/mol. The van der Waals surface area contributed by atoms with Crippen molar-refractivity contribution in [1.82, 2.24) is 4.90 Å². The second-order valence-electron chi connectivity index (χ2n) is 8.55. The Bertz CT molecular complexity index is 1250. The number of para-hydroxylation sites is 1. The number of ketones is 1. The van der Waals surface area contributed by atoms with Crippen LogP contribution in [-0.2, 0) is 24.7 Å². The highest BCUT2D eigenvalue weighted by atomic mass is 16.6. The third kappa shape index (κ3) is 3.22. The average Bonchev–Trinajstić information content (AvgIpc) is 3.25. The van der Waals surface area contributed by atoms with Gasteiger partial charge in [0.25, 0.3) is 17.6 Å². The van der Waals surface area contributed by atoms with Crippen LogP contribution in [0.2, 0.25) is 0 Å². The lowest BCUT2D eigenvalue weighted by Gasteiger charge is -2.34. The summed E-state index contributed by atoms with van der Waals surface area (Å²) in [5, 5.41) is 11.5. The molecule has 1 saturated heterocycles. The molecule has 5 rings (SSSR count). The molecule has 2 amide bonds. The van der Waals surface area contributed by atoms with Crippen LogP contribution in [0.25, 0.3) is 5.76 Å². The molecule has 1 fully saturated rings. The molecule has 3 aliphatic rings. The molecule has 2 aromatic carbocycles. The summed E-state index contributed by atoms with van der Waals surface area (Å²) in [6.07, 6.45) is 0.670. The first-order chi connectivity index (χ1) is 17.0. The molecular weight excluding hydrogens is 452 g/mol. The Morgan fingerprint density at radius 1 is 1.06 bits per heavy atom. The van der Waals surface area contributed by atoms with Crippen LogP contribution in [-0.4, -0.2) is 67.6 Å². The molecule has 3 aliphatic heterocycles. The van der Waals surface area contributed by atoms with Gasteiger partial charge in [0.2, 0.25) is 0 Å². The van der Waals surface area contributed by atoms with E-state index in [0.717, 1.165) is 0 Å². The SMILES string of the molecule is CCCN1C(=O)[C@@]2(/C(=C(\O)c3ccc4c(c3)OCCO4)C(=O)C(=O)N2CCOC)c2ccccc21. The van der Waals surface area contributed by atoms with E-state index < -0.39 is 28.9 Å². The predicted octanol–water partition coefficient (Wildman–Crippen LogP) is 2.44. The second-order valence-corrected chi connectivity index (χ2v) is 8.55. The molecule has 0 unspecified atom stereocenters. The molecule has 182 valence electrons. The fourth-order valence-corrected chi connectivity index (χ4v) is 5.13. The van der Waals surface area contributed by atoms with Crippen LogP contribution in [0.3, 0.4) is 0 Å². The Labute approximate surface area is 202 Å². The third-order valence-corrected chi connectivity index (χ3v) is 6.59. The Morgan fingerprint density at radius 3 is 2.54 bits per heavy atom. The van der Waals surface area contributed by atoms with Crippen molar-refractivity contribution in [2.75, 3.05) is 44.9 Å². The minimum Gasteiger partial charge on any atom is -0.507 e. The number of rotatable bonds is 6. The van der Waals surface area contributed by atoms with Gasteiger partial charge < -0.3 is 29.1 Å². The van der Waals surface area contributed by atoms with Crippen LogP contribution in [0, 0.1) is 0 Å². The first-order valence-electron chi connectivity index (χ1n) is 11.6. The molecule has 9 nitrogen and oxygen atoms in total. The van der Waals surface area contributed by atoms with Gasteiger partial charge in [-0.25, -0.2) is 0 Å². The number of benzene rings is 2. The number of likely N-dealkylation sites (tertiary alicyclic amines) is 1. The Kier molecular flexibility index (Phi) is 5.72. The number of nitrogens with zero attached hydrogens (tertiary/aromatic N) is 2. The van der Waals surface area contributed by atoms with E-state index in [9.17, 15) is 19.5 Å². The van der Waals surface area contributed by atoms with E-state index in [4.69, 9.17) is 14.2 Å². The smallest absolute Gasteiger partial charge is 0.296 e. The van der Waals surface area contributed by atoms with Crippen LogP contribution >= 0.6 is 0 Å². The van der Waals surface area contributed by atoms with Crippen molar-refractivity contribution in [2.24, 2.45) is 0 Å². The maximum atomic E-state index is 14.2. The first-order valence-corrected chi connectivity index (χ1v) is 11.6. The topological polar surface area (TPSA) is 106 Å². The summed E-state index contributed by atoms with van der Waals surface area (Å²) in [5.74, 6) is -1.75. The number of fused-ring (bicyclic) bond motifs is 3. The number of ether oxygens (including phenoxy) is 3. The number of methoxy groups -OCH3 is 1. The van der Waals surface area contributed by atoms with Gasteiger partial charge in [-0.3, -0.25) is 14.4 Å². The maximum absolute atomic E-state index is 14.2. The summed E-state index contributed by atoms with van der Waals surface area (Å²) in [5.41, 5.74) is -0.719. The van der Waals surface area contributed by atoms with Gasteiger partial charge in [0.15, 0.2) is 17.0 Å². The zero-order valence-electron chi connectivity index (χ0n) is 19.6. The van der Waals surface area contributed by atoms with Gasteiger partial charge in [0.1, 0.15) is 19.0 Å². The molecule has 0 bridgehead atoms. The van der Waals surface area contributed by atoms with Crippen LogP contribution in [0.4, 0.5) is 5.69 Å². The molecule has 0 radical (unpaired) electrons. The molecule has 0 aliphatic carbocycles. The quantitative estimate of drug-likeness (QED) is 0.386. The van der Waals surface area contributed by atoms with Gasteiger partial charge in [-0.15, -0.1) is 0 Å². The Hall–Kier alpha value is -3.85. The molecule has 0 aromatic heterocycles. The average molecular weight is 479 g/mol. The van der Waals surface area contributed by atoms with Crippen molar-refractivity contribution < 1.29 is 33.7 Å². The molecule has 35 heavy (non-hydrogen) atoms. The van der Waals surface area contributed by atoms with Crippen molar-refractivity contribution in [1.29, 1.82) is 0 Å². The van der Waals surface area contributed by atoms with Gasteiger partial charge in [-0.05, 0) is 30.7 Å². The summed E-state index contributed by atoms with van der Waals surface area (Å²) in [6, 6.07) is 11.8. The van der Waals surface area contributed by atoms with Crippen LogP contribution in [0.1, 0.15) is 24.5 Å². The molecule has 2 aromatic rings. The Morgan fingerprint density at radius 2 is 1.80 bits per heavy atom. The van der Waals surface area contributed by atoms with E-state index in [1.165, 1.54) is 12.0 Å². The molecular formula is C26H26N2O7. The van der Waals surface area contributed by atoms with Gasteiger partial charge in [0, 0.05) is 31.3 Å². The first kappa shape index (κ1) is 22.9. The minimum absolute atomic E-state index is 0.000961. The van der Waals surface area contributed by atoms with Crippen molar-refractivity contribution >= 4 is 29.0 Å². The lowest BCUT2D eigenvalue weighted by atomic mass is 9.82. The highest BCUT2D eigenvalue weighted by Gasteiger charge is 2.66. The van der Waals surface area contributed by atoms with Crippen LogP contribution in [0.5, 0.6) is 11.5 Å². The van der Waals surface area contributed by atoms with Crippen LogP contribution < -0.4 is 14.4 Å². The lowest BCUT2D eigenvalue weighted by molar-refractivity contribution is -0.144. The van der Waals surface area contributed by atoms with Crippen LogP contribution in [0.15, 0.2) is 48.0 Å². The molecule has 1 N–H and O–H groups in total. The van der Waals surface area contributed by atoms with Crippen molar-refractivity contribution in [3.8, 4) is 11.5 Å². The number of carbonyl (C=O) groups excluding carboxylic acids is 3. The normalized spacial score (nSPS) is 22.3. The zero-order chi connectivity index (χ0) is 24.7. The minimum atomic E-state index is -1.80. The van der Waals surface area contributed by atoms with Crippen molar-refractivity contribution in [3.63, 3.8) is 0 Å². The van der Waals surface area contributed by atoms with E-state index in [1.54, 1.807) is 47.4 Å². The second kappa shape index (κ2) is 8.74. The standard InChI is InChI=1S/C26H26N2O7/c1-3-10-27-18-7-5-4-6-17(18)26(25(27)32)21(23(30)24(31)28(26)11-12-33-2)22(29)16-8-9-19-20(15-16)35-14-13-34-19/h4-9,15,29H,3,10-14H2,1-2H3/b22-21-/t26-/m0/s1. The third-order valence-electron chi connectivity index (χ3n) is 6.59. The monoisotopic (exact) mass is 478 g/mol.